The largest absolute Gasteiger partial charge is 0.467 e. The Balaban J connectivity index is 1.68. The molecule has 38 heavy (non-hydrogen) atoms. The SMILES string of the molecule is CCCN1CCC[C@@H]2Cc3c(ccc(O[C@@H]4O[C@H](C(=O)OC)[C@@H](C)[C@H](C)[C@H]4OC(C)=O)c3OC(C)=O)C[C@H]21. The van der Waals surface area contributed by atoms with Crippen molar-refractivity contribution in [2.75, 3.05) is 20.2 Å². The second kappa shape index (κ2) is 12.0. The summed E-state index contributed by atoms with van der Waals surface area (Å²) in [6.07, 6.45) is 2.33. The lowest BCUT2D eigenvalue weighted by Crippen LogP contribution is -2.55. The Hall–Kier alpha value is -2.65. The average molecular weight is 532 g/mol. The van der Waals surface area contributed by atoms with Gasteiger partial charge in [0.1, 0.15) is 0 Å². The maximum atomic E-state index is 12.5. The molecule has 2 saturated heterocycles. The first-order valence-corrected chi connectivity index (χ1v) is 13.8. The van der Waals surface area contributed by atoms with Gasteiger partial charge in [0.15, 0.2) is 23.7 Å². The molecule has 1 aliphatic carbocycles. The van der Waals surface area contributed by atoms with Gasteiger partial charge in [0, 0.05) is 31.4 Å². The Morgan fingerprint density at radius 3 is 2.50 bits per heavy atom. The summed E-state index contributed by atoms with van der Waals surface area (Å²) in [4.78, 5) is 39.2. The highest BCUT2D eigenvalue weighted by molar-refractivity contribution is 5.75. The van der Waals surface area contributed by atoms with Crippen molar-refractivity contribution < 1.29 is 38.1 Å². The first kappa shape index (κ1) is 28.4. The molecule has 4 rings (SSSR count). The van der Waals surface area contributed by atoms with E-state index < -0.39 is 36.4 Å². The van der Waals surface area contributed by atoms with E-state index in [0.29, 0.717) is 23.5 Å². The predicted molar refractivity (Wildman–Crippen MR) is 139 cm³/mol. The van der Waals surface area contributed by atoms with Gasteiger partial charge in [-0.2, -0.15) is 0 Å². The van der Waals surface area contributed by atoms with Crippen LogP contribution in [0.4, 0.5) is 0 Å². The molecule has 2 heterocycles. The number of hydrogen-bond donors (Lipinski definition) is 0. The Kier molecular flexibility index (Phi) is 8.98. The van der Waals surface area contributed by atoms with Gasteiger partial charge in [0.05, 0.1) is 7.11 Å². The normalized spacial score (nSPS) is 30.9. The predicted octanol–water partition coefficient (Wildman–Crippen LogP) is 3.68. The fourth-order valence-corrected chi connectivity index (χ4v) is 6.34. The fourth-order valence-electron chi connectivity index (χ4n) is 6.34. The van der Waals surface area contributed by atoms with Gasteiger partial charge in [-0.25, -0.2) is 4.79 Å². The molecule has 0 bridgehead atoms. The summed E-state index contributed by atoms with van der Waals surface area (Å²) in [5.74, 6) is -0.813. The van der Waals surface area contributed by atoms with Crippen LogP contribution in [0.25, 0.3) is 0 Å². The molecule has 1 aromatic rings. The first-order chi connectivity index (χ1) is 18.1. The van der Waals surface area contributed by atoms with Gasteiger partial charge in [-0.3, -0.25) is 14.5 Å². The Bertz CT molecular complexity index is 1040. The van der Waals surface area contributed by atoms with Crippen LogP contribution in [-0.2, 0) is 41.4 Å². The highest BCUT2D eigenvalue weighted by atomic mass is 16.7. The topological polar surface area (TPSA) is 101 Å². The Morgan fingerprint density at radius 1 is 1.08 bits per heavy atom. The van der Waals surface area contributed by atoms with Crippen LogP contribution in [0, 0.1) is 17.8 Å². The summed E-state index contributed by atoms with van der Waals surface area (Å²) in [6.45, 7) is 10.9. The van der Waals surface area contributed by atoms with Crippen molar-refractivity contribution >= 4 is 17.9 Å². The standard InChI is InChI=1S/C29H41NO8/c1-7-12-30-13-8-9-21-14-22-20(15-23(21)30)10-11-24(27(22)36-19(5)32)37-29-26(35-18(4)31)17(3)16(2)25(38-29)28(33)34-6/h10-11,16-17,21,23,25-26,29H,7-9,12-15H2,1-6H3/t16-,17-,21+,23+,25-,26+,29+/m0/s1. The number of carbonyl (C=O) groups is 3. The molecule has 2 aliphatic heterocycles. The van der Waals surface area contributed by atoms with Gasteiger partial charge in [-0.15, -0.1) is 0 Å². The molecule has 1 aromatic carbocycles. The lowest BCUT2D eigenvalue weighted by atomic mass is 9.75. The minimum Gasteiger partial charge on any atom is -0.467 e. The molecule has 9 heteroatoms. The number of carbonyl (C=O) groups excluding carboxylic acids is 3. The third-order valence-corrected chi connectivity index (χ3v) is 8.36. The lowest BCUT2D eigenvalue weighted by Gasteiger charge is -2.45. The second-order valence-electron chi connectivity index (χ2n) is 10.9. The third kappa shape index (κ3) is 5.83. The van der Waals surface area contributed by atoms with Crippen molar-refractivity contribution in [3.8, 4) is 11.5 Å². The van der Waals surface area contributed by atoms with Crippen molar-refractivity contribution in [2.24, 2.45) is 17.8 Å². The van der Waals surface area contributed by atoms with Crippen molar-refractivity contribution in [3.63, 3.8) is 0 Å². The van der Waals surface area contributed by atoms with E-state index in [2.05, 4.69) is 11.8 Å². The monoisotopic (exact) mass is 531 g/mol. The van der Waals surface area contributed by atoms with E-state index in [-0.39, 0.29) is 11.8 Å². The van der Waals surface area contributed by atoms with Gasteiger partial charge in [-0.05, 0) is 68.7 Å². The Morgan fingerprint density at radius 2 is 1.84 bits per heavy atom. The molecule has 9 nitrogen and oxygen atoms in total. The zero-order valence-electron chi connectivity index (χ0n) is 23.4. The fraction of sp³-hybridized carbons (Fsp3) is 0.690. The molecule has 0 amide bonds. The number of piperidine rings is 1. The van der Waals surface area contributed by atoms with Crippen LogP contribution in [0.2, 0.25) is 0 Å². The highest BCUT2D eigenvalue weighted by Crippen LogP contribution is 2.44. The van der Waals surface area contributed by atoms with Crippen molar-refractivity contribution in [1.82, 2.24) is 4.90 Å². The van der Waals surface area contributed by atoms with Crippen LogP contribution >= 0.6 is 0 Å². The molecule has 0 spiro atoms. The maximum absolute atomic E-state index is 12.5. The van der Waals surface area contributed by atoms with E-state index in [1.165, 1.54) is 21.0 Å². The molecular formula is C29H41NO8. The number of likely N-dealkylation sites (tertiary alicyclic amines) is 1. The molecule has 0 radical (unpaired) electrons. The molecule has 0 saturated carbocycles. The zero-order chi connectivity index (χ0) is 27.6. The van der Waals surface area contributed by atoms with E-state index in [4.69, 9.17) is 23.7 Å². The van der Waals surface area contributed by atoms with Crippen LogP contribution in [0.3, 0.4) is 0 Å². The minimum absolute atomic E-state index is 0.260. The summed E-state index contributed by atoms with van der Waals surface area (Å²) < 4.78 is 28.7. The van der Waals surface area contributed by atoms with E-state index in [0.717, 1.165) is 56.3 Å². The van der Waals surface area contributed by atoms with Gasteiger partial charge in [0.25, 0.3) is 0 Å². The molecular weight excluding hydrogens is 490 g/mol. The van der Waals surface area contributed by atoms with Gasteiger partial charge in [0.2, 0.25) is 6.29 Å². The molecule has 0 N–H and O–H groups in total. The van der Waals surface area contributed by atoms with Crippen LogP contribution in [-0.4, -0.2) is 67.5 Å². The average Bonchev–Trinajstić information content (AvgIpc) is 2.88. The number of nitrogens with zero attached hydrogens (tertiary/aromatic N) is 1. The van der Waals surface area contributed by atoms with Gasteiger partial charge >= 0.3 is 17.9 Å². The second-order valence-corrected chi connectivity index (χ2v) is 10.9. The molecule has 7 atom stereocenters. The number of ether oxygens (including phenoxy) is 5. The first-order valence-electron chi connectivity index (χ1n) is 13.8. The number of esters is 3. The maximum Gasteiger partial charge on any atom is 0.335 e. The summed E-state index contributed by atoms with van der Waals surface area (Å²) in [7, 11) is 1.31. The summed E-state index contributed by atoms with van der Waals surface area (Å²) in [5.41, 5.74) is 2.12. The van der Waals surface area contributed by atoms with E-state index >= 15 is 0 Å². The molecule has 3 aliphatic rings. The van der Waals surface area contributed by atoms with Crippen molar-refractivity contribution in [1.29, 1.82) is 0 Å². The smallest absolute Gasteiger partial charge is 0.335 e. The van der Waals surface area contributed by atoms with Gasteiger partial charge < -0.3 is 23.7 Å². The van der Waals surface area contributed by atoms with Crippen molar-refractivity contribution in [2.45, 2.75) is 91.3 Å². The van der Waals surface area contributed by atoms with E-state index in [1.807, 2.05) is 19.9 Å². The van der Waals surface area contributed by atoms with Gasteiger partial charge in [-0.1, -0.05) is 26.8 Å². The minimum atomic E-state index is -1.09. The number of methoxy groups -OCH3 is 1. The number of rotatable bonds is 7. The van der Waals surface area contributed by atoms with Crippen molar-refractivity contribution in [3.05, 3.63) is 23.3 Å². The number of hydrogen-bond acceptors (Lipinski definition) is 9. The number of fused-ring (bicyclic) bond motifs is 2. The Labute approximate surface area is 225 Å². The van der Waals surface area contributed by atoms with E-state index in [9.17, 15) is 14.4 Å². The van der Waals surface area contributed by atoms with Crippen LogP contribution in [0.1, 0.15) is 65.0 Å². The van der Waals surface area contributed by atoms with E-state index in [1.54, 1.807) is 6.07 Å². The molecule has 2 fully saturated rings. The summed E-state index contributed by atoms with van der Waals surface area (Å²) >= 11 is 0. The van der Waals surface area contributed by atoms with Crippen LogP contribution < -0.4 is 9.47 Å². The summed E-state index contributed by atoms with van der Waals surface area (Å²) in [6, 6.07) is 4.29. The molecule has 0 unspecified atom stereocenters. The number of benzene rings is 1. The highest BCUT2D eigenvalue weighted by Gasteiger charge is 2.48. The third-order valence-electron chi connectivity index (χ3n) is 8.36. The quantitative estimate of drug-likeness (QED) is 0.385. The van der Waals surface area contributed by atoms with Crippen LogP contribution in [0.15, 0.2) is 12.1 Å². The van der Waals surface area contributed by atoms with Crippen LogP contribution in [0.5, 0.6) is 11.5 Å². The molecule has 210 valence electrons. The lowest BCUT2D eigenvalue weighted by molar-refractivity contribution is -0.249. The summed E-state index contributed by atoms with van der Waals surface area (Å²) in [5, 5.41) is 0. The molecule has 0 aromatic heterocycles. The zero-order valence-corrected chi connectivity index (χ0v) is 23.4.